The van der Waals surface area contributed by atoms with Crippen molar-refractivity contribution in [2.24, 2.45) is 0 Å². The summed E-state index contributed by atoms with van der Waals surface area (Å²) in [4.78, 5) is 12.3. The van der Waals surface area contributed by atoms with Crippen molar-refractivity contribution >= 4 is 32.7 Å². The molecule has 0 aliphatic carbocycles. The second-order valence-corrected chi connectivity index (χ2v) is 10.5. The van der Waals surface area contributed by atoms with Gasteiger partial charge in [0.15, 0.2) is 0 Å². The summed E-state index contributed by atoms with van der Waals surface area (Å²) in [5, 5.41) is 0. The van der Waals surface area contributed by atoms with Crippen molar-refractivity contribution in [1.29, 1.82) is 0 Å². The fraction of sp³-hybridized carbons (Fsp3) is 0.429. The molecule has 3 rings (SSSR count). The van der Waals surface area contributed by atoms with Crippen LogP contribution < -0.4 is 15.4 Å². The van der Waals surface area contributed by atoms with Gasteiger partial charge in [0.25, 0.3) is 0 Å². The van der Waals surface area contributed by atoms with Gasteiger partial charge in [0.1, 0.15) is 11.6 Å². The van der Waals surface area contributed by atoms with Crippen molar-refractivity contribution in [3.63, 3.8) is 0 Å². The maximum absolute atomic E-state index is 5.93. The molecule has 1 fully saturated rings. The molecule has 0 spiro atoms. The van der Waals surface area contributed by atoms with Gasteiger partial charge in [-0.25, -0.2) is 4.98 Å². The Balaban J connectivity index is 2.08. The van der Waals surface area contributed by atoms with Gasteiger partial charge in [-0.2, -0.15) is 14.2 Å². The molecule has 1 aliphatic heterocycles. The molecule has 0 saturated carbocycles. The van der Waals surface area contributed by atoms with E-state index in [-0.39, 0.29) is 6.04 Å². The van der Waals surface area contributed by atoms with Crippen LogP contribution in [0.25, 0.3) is 0 Å². The normalized spacial score (nSPS) is 18.2. The summed E-state index contributed by atoms with van der Waals surface area (Å²) in [5.41, 5.74) is 8.00. The van der Waals surface area contributed by atoms with Crippen LogP contribution in [0.1, 0.15) is 43.0 Å². The van der Waals surface area contributed by atoms with Crippen LogP contribution in [0, 0.1) is 6.92 Å². The van der Waals surface area contributed by atoms with E-state index in [1.807, 2.05) is 13.0 Å². The van der Waals surface area contributed by atoms with Crippen molar-refractivity contribution < 1.29 is 4.74 Å². The van der Waals surface area contributed by atoms with E-state index in [2.05, 4.69) is 51.1 Å². The molecule has 0 unspecified atom stereocenters. The van der Waals surface area contributed by atoms with E-state index >= 15 is 0 Å². The SMILES string of the molecule is C=S(=C)(C)c1ccc([C@H]2CCCCCN2c2cc(C)nc(N)n2)c(OC)c1. The third kappa shape index (κ3) is 4.38. The van der Waals surface area contributed by atoms with Gasteiger partial charge in [0, 0.05) is 23.9 Å². The zero-order valence-corrected chi connectivity index (χ0v) is 17.4. The highest BCUT2D eigenvalue weighted by molar-refractivity contribution is 8.27. The van der Waals surface area contributed by atoms with Crippen LogP contribution in [-0.2, 0) is 0 Å². The van der Waals surface area contributed by atoms with Gasteiger partial charge >= 0.3 is 0 Å². The molecule has 1 saturated heterocycles. The maximum atomic E-state index is 5.93. The number of nitrogen functional groups attached to an aromatic ring is 1. The third-order valence-electron chi connectivity index (χ3n) is 5.04. The maximum Gasteiger partial charge on any atom is 0.222 e. The Bertz CT molecular complexity index is 904. The number of hydrogen-bond donors (Lipinski definition) is 1. The molecule has 2 heterocycles. The van der Waals surface area contributed by atoms with Gasteiger partial charge in [-0.05, 0) is 43.0 Å². The Kier molecular flexibility index (Phi) is 5.65. The Hall–Kier alpha value is -2.21. The lowest BCUT2D eigenvalue weighted by molar-refractivity contribution is 0.401. The lowest BCUT2D eigenvalue weighted by Crippen LogP contribution is -2.30. The monoisotopic (exact) mass is 386 g/mol. The molecule has 0 bridgehead atoms. The molecule has 2 aromatic rings. The highest BCUT2D eigenvalue weighted by Crippen LogP contribution is 2.40. The van der Waals surface area contributed by atoms with Gasteiger partial charge in [0.2, 0.25) is 5.95 Å². The minimum Gasteiger partial charge on any atom is -0.496 e. The summed E-state index contributed by atoms with van der Waals surface area (Å²) < 4.78 is 5.78. The topological polar surface area (TPSA) is 64.3 Å². The first kappa shape index (κ1) is 19.5. The summed E-state index contributed by atoms with van der Waals surface area (Å²) in [7, 11) is 0.434. The first-order valence-electron chi connectivity index (χ1n) is 9.30. The van der Waals surface area contributed by atoms with Gasteiger partial charge in [0.05, 0.1) is 13.2 Å². The predicted octanol–water partition coefficient (Wildman–Crippen LogP) is 4.15. The van der Waals surface area contributed by atoms with Crippen LogP contribution in [0.2, 0.25) is 0 Å². The molecule has 146 valence electrons. The minimum absolute atomic E-state index is 0.195. The van der Waals surface area contributed by atoms with Crippen LogP contribution >= 0.6 is 9.21 Å². The fourth-order valence-corrected chi connectivity index (χ4v) is 4.49. The molecule has 1 aromatic heterocycles. The number of nitrogens with zero attached hydrogens (tertiary/aromatic N) is 3. The second kappa shape index (κ2) is 7.80. The lowest BCUT2D eigenvalue weighted by atomic mass is 9.99. The molecular formula is C21H30N4OS. The molecule has 2 N–H and O–H groups in total. The molecule has 27 heavy (non-hydrogen) atoms. The van der Waals surface area contributed by atoms with Gasteiger partial charge < -0.3 is 15.4 Å². The van der Waals surface area contributed by atoms with Gasteiger partial charge in [-0.1, -0.05) is 30.6 Å². The predicted molar refractivity (Wildman–Crippen MR) is 119 cm³/mol. The van der Waals surface area contributed by atoms with Gasteiger partial charge in [-0.15, -0.1) is 0 Å². The summed E-state index contributed by atoms with van der Waals surface area (Å²) in [6, 6.07) is 8.64. The molecule has 0 amide bonds. The number of nitrogens with two attached hydrogens (primary N) is 1. The van der Waals surface area contributed by atoms with E-state index in [1.54, 1.807) is 7.11 Å². The average molecular weight is 387 g/mol. The average Bonchev–Trinajstić information content (AvgIpc) is 2.85. The third-order valence-corrected chi connectivity index (χ3v) is 6.43. The van der Waals surface area contributed by atoms with E-state index in [1.165, 1.54) is 18.4 Å². The molecule has 5 nitrogen and oxygen atoms in total. The Morgan fingerprint density at radius 3 is 2.63 bits per heavy atom. The van der Waals surface area contributed by atoms with Crippen molar-refractivity contribution in [3.8, 4) is 5.75 Å². The zero-order valence-electron chi connectivity index (χ0n) is 16.6. The summed E-state index contributed by atoms with van der Waals surface area (Å²) in [6.07, 6.45) is 6.68. The molecule has 1 aliphatic rings. The van der Waals surface area contributed by atoms with Crippen LogP contribution in [-0.4, -0.2) is 41.6 Å². The molecule has 0 radical (unpaired) electrons. The van der Waals surface area contributed by atoms with Crippen molar-refractivity contribution in [2.75, 3.05) is 30.5 Å². The highest BCUT2D eigenvalue weighted by Gasteiger charge is 2.27. The molecular weight excluding hydrogens is 356 g/mol. The zero-order chi connectivity index (χ0) is 19.6. The van der Waals surface area contributed by atoms with Crippen LogP contribution in [0.15, 0.2) is 29.2 Å². The van der Waals surface area contributed by atoms with Crippen LogP contribution in [0.4, 0.5) is 11.8 Å². The number of aromatic nitrogens is 2. The summed E-state index contributed by atoms with van der Waals surface area (Å²) >= 11 is 0. The number of hydrogen-bond acceptors (Lipinski definition) is 5. The Labute approximate surface area is 163 Å². The molecule has 6 heteroatoms. The van der Waals surface area contributed by atoms with Crippen molar-refractivity contribution in [3.05, 3.63) is 35.5 Å². The van der Waals surface area contributed by atoms with E-state index in [4.69, 9.17) is 10.5 Å². The molecule has 1 aromatic carbocycles. The summed E-state index contributed by atoms with van der Waals surface area (Å²) in [5.74, 6) is 10.6. The van der Waals surface area contributed by atoms with Crippen LogP contribution in [0.5, 0.6) is 5.75 Å². The highest BCUT2D eigenvalue weighted by atomic mass is 32.2. The van der Waals surface area contributed by atoms with E-state index in [0.717, 1.165) is 41.5 Å². The first-order valence-corrected chi connectivity index (χ1v) is 11.7. The fourth-order valence-electron chi connectivity index (χ4n) is 3.70. The van der Waals surface area contributed by atoms with E-state index < -0.39 is 9.21 Å². The number of anilines is 2. The molecule has 1 atom stereocenters. The number of methoxy groups -OCH3 is 1. The quantitative estimate of drug-likeness (QED) is 0.800. The van der Waals surface area contributed by atoms with Crippen molar-refractivity contribution in [2.45, 2.75) is 43.5 Å². The van der Waals surface area contributed by atoms with E-state index in [9.17, 15) is 0 Å². The van der Waals surface area contributed by atoms with Gasteiger partial charge in [-0.3, -0.25) is 0 Å². The lowest BCUT2D eigenvalue weighted by Gasteiger charge is -2.32. The Morgan fingerprint density at radius 2 is 1.96 bits per heavy atom. The minimum atomic E-state index is -1.30. The smallest absolute Gasteiger partial charge is 0.222 e. The van der Waals surface area contributed by atoms with E-state index in [0.29, 0.717) is 5.95 Å². The number of rotatable bonds is 4. The number of benzene rings is 1. The number of aryl methyl sites for hydroxylation is 1. The second-order valence-electron chi connectivity index (χ2n) is 7.46. The van der Waals surface area contributed by atoms with Crippen LogP contribution in [0.3, 0.4) is 0 Å². The first-order chi connectivity index (χ1) is 12.8. The standard InChI is InChI=1S/C21H30N4OS/c1-15-13-20(24-21(22)23-15)25-12-8-6-7-9-18(25)17-11-10-16(27(3,4)5)14-19(17)26-2/h10-11,13-14,18H,3-4,6-9,12H2,1-2,5H3,(H2,22,23,24)/t18-/m1/s1. The number of ether oxygens (including phenoxy) is 1. The Morgan fingerprint density at radius 1 is 1.19 bits per heavy atom. The van der Waals surface area contributed by atoms with Crippen molar-refractivity contribution in [1.82, 2.24) is 9.97 Å². The largest absolute Gasteiger partial charge is 0.496 e. The summed E-state index contributed by atoms with van der Waals surface area (Å²) in [6.45, 7) is 2.90.